The number of hydrogen-bond acceptors (Lipinski definition) is 2. The van der Waals surface area contributed by atoms with E-state index in [1.165, 1.54) is 13.4 Å². The zero-order chi connectivity index (χ0) is 8.48. The van der Waals surface area contributed by atoms with Crippen LogP contribution in [-0.4, -0.2) is 15.9 Å². The third kappa shape index (κ3) is 2.14. The van der Waals surface area contributed by atoms with Gasteiger partial charge in [0, 0.05) is 7.05 Å². The van der Waals surface area contributed by atoms with Gasteiger partial charge in [-0.15, -0.1) is 13.2 Å². The van der Waals surface area contributed by atoms with Crippen molar-refractivity contribution in [1.82, 2.24) is 9.55 Å². The third-order valence-corrected chi connectivity index (χ3v) is 0.924. The molecule has 0 spiro atoms. The highest BCUT2D eigenvalue weighted by molar-refractivity contribution is 5.02. The predicted octanol–water partition coefficient (Wildman–Crippen LogP) is 1.12. The maximum atomic E-state index is 11.5. The summed E-state index contributed by atoms with van der Waals surface area (Å²) in [5.41, 5.74) is 0. The molecule has 61 valence electrons. The second-order valence-electron chi connectivity index (χ2n) is 1.82. The van der Waals surface area contributed by atoms with Crippen molar-refractivity contribution in [3.8, 4) is 5.88 Å². The van der Waals surface area contributed by atoms with Crippen LogP contribution in [0.3, 0.4) is 0 Å². The molecule has 1 heterocycles. The van der Waals surface area contributed by atoms with Crippen LogP contribution in [0.4, 0.5) is 13.2 Å². The van der Waals surface area contributed by atoms with Gasteiger partial charge in [-0.3, -0.25) is 0 Å². The first-order chi connectivity index (χ1) is 4.99. The molecule has 1 aromatic heterocycles. The van der Waals surface area contributed by atoms with Crippen LogP contribution in [0.15, 0.2) is 6.33 Å². The molecule has 0 saturated heterocycles. The molecule has 0 fully saturated rings. The van der Waals surface area contributed by atoms with Crippen LogP contribution >= 0.6 is 0 Å². The Morgan fingerprint density at radius 2 is 2.27 bits per heavy atom. The number of aryl methyl sites for hydroxylation is 1. The molecule has 1 rings (SSSR count). The van der Waals surface area contributed by atoms with Crippen LogP contribution in [0.5, 0.6) is 5.88 Å². The first kappa shape index (κ1) is 7.90. The molecular formula is C5H4F3N2O. The Labute approximate surface area is 60.4 Å². The van der Waals surface area contributed by atoms with Gasteiger partial charge in [-0.05, 0) is 0 Å². The van der Waals surface area contributed by atoms with Gasteiger partial charge in [0.25, 0.3) is 0 Å². The number of alkyl halides is 3. The van der Waals surface area contributed by atoms with E-state index in [0.717, 1.165) is 4.57 Å². The Kier molecular flexibility index (Phi) is 1.76. The van der Waals surface area contributed by atoms with E-state index in [0.29, 0.717) is 0 Å². The number of aromatic nitrogens is 2. The van der Waals surface area contributed by atoms with Crippen molar-refractivity contribution in [1.29, 1.82) is 0 Å². The largest absolute Gasteiger partial charge is 0.574 e. The number of halogens is 3. The molecular weight excluding hydrogens is 161 g/mol. The SMILES string of the molecule is Cn1cn[c]c1OC(F)(F)F. The number of ether oxygens (including phenoxy) is 1. The molecule has 0 aromatic carbocycles. The molecule has 1 aromatic rings. The van der Waals surface area contributed by atoms with E-state index >= 15 is 0 Å². The van der Waals surface area contributed by atoms with Crippen molar-refractivity contribution in [2.24, 2.45) is 7.05 Å². The van der Waals surface area contributed by atoms with Crippen LogP contribution < -0.4 is 4.74 Å². The van der Waals surface area contributed by atoms with Crippen LogP contribution in [0.1, 0.15) is 0 Å². The standard InChI is InChI=1S/C5H4F3N2O/c1-10-3-9-2-4(10)11-5(6,7)8/h3H,1H3. The highest BCUT2D eigenvalue weighted by atomic mass is 19.4. The summed E-state index contributed by atoms with van der Waals surface area (Å²) in [6.45, 7) is 0. The van der Waals surface area contributed by atoms with Gasteiger partial charge in [0.2, 0.25) is 5.88 Å². The lowest BCUT2D eigenvalue weighted by atomic mass is 10.8. The van der Waals surface area contributed by atoms with Crippen molar-refractivity contribution >= 4 is 0 Å². The fourth-order valence-electron chi connectivity index (χ4n) is 0.506. The maximum Gasteiger partial charge on any atom is 0.574 e. The van der Waals surface area contributed by atoms with E-state index < -0.39 is 12.2 Å². The minimum Gasteiger partial charge on any atom is -0.387 e. The van der Waals surface area contributed by atoms with Gasteiger partial charge in [0.1, 0.15) is 0 Å². The number of rotatable bonds is 1. The van der Waals surface area contributed by atoms with Crippen molar-refractivity contribution in [2.75, 3.05) is 0 Å². The summed E-state index contributed by atoms with van der Waals surface area (Å²) in [7, 11) is 1.38. The molecule has 0 saturated carbocycles. The predicted molar refractivity (Wildman–Crippen MR) is 28.7 cm³/mol. The minimum atomic E-state index is -4.68. The van der Waals surface area contributed by atoms with Crippen LogP contribution in [-0.2, 0) is 7.05 Å². The molecule has 0 aliphatic carbocycles. The summed E-state index contributed by atoms with van der Waals surface area (Å²) in [5.74, 6) is -0.447. The Hall–Kier alpha value is -1.20. The molecule has 11 heavy (non-hydrogen) atoms. The zero-order valence-electron chi connectivity index (χ0n) is 5.51. The summed E-state index contributed by atoms with van der Waals surface area (Å²) >= 11 is 0. The van der Waals surface area contributed by atoms with E-state index in [2.05, 4.69) is 9.72 Å². The molecule has 0 bridgehead atoms. The van der Waals surface area contributed by atoms with E-state index in [4.69, 9.17) is 0 Å². The van der Waals surface area contributed by atoms with Gasteiger partial charge in [0.05, 0.1) is 6.33 Å². The molecule has 0 N–H and O–H groups in total. The lowest BCUT2D eigenvalue weighted by Crippen LogP contribution is -2.18. The fraction of sp³-hybridized carbons (Fsp3) is 0.400. The molecule has 0 atom stereocenters. The van der Waals surface area contributed by atoms with Gasteiger partial charge < -0.3 is 9.30 Å². The molecule has 0 amide bonds. The first-order valence-electron chi connectivity index (χ1n) is 2.64. The normalized spacial score (nSPS) is 11.6. The number of nitrogens with zero attached hydrogens (tertiary/aromatic N) is 2. The molecule has 0 unspecified atom stereocenters. The van der Waals surface area contributed by atoms with Gasteiger partial charge in [-0.2, -0.15) is 0 Å². The average molecular weight is 165 g/mol. The van der Waals surface area contributed by atoms with Crippen molar-refractivity contribution in [2.45, 2.75) is 6.36 Å². The molecule has 0 aliphatic rings. The Morgan fingerprint density at radius 1 is 1.64 bits per heavy atom. The highest BCUT2D eigenvalue weighted by Crippen LogP contribution is 2.20. The minimum absolute atomic E-state index is 0.447. The van der Waals surface area contributed by atoms with Crippen molar-refractivity contribution in [3.63, 3.8) is 0 Å². The van der Waals surface area contributed by atoms with E-state index in [-0.39, 0.29) is 0 Å². The smallest absolute Gasteiger partial charge is 0.387 e. The van der Waals surface area contributed by atoms with E-state index in [1.54, 1.807) is 0 Å². The second-order valence-corrected chi connectivity index (χ2v) is 1.82. The zero-order valence-corrected chi connectivity index (χ0v) is 5.51. The van der Waals surface area contributed by atoms with E-state index in [9.17, 15) is 13.2 Å². The number of imidazole rings is 1. The summed E-state index contributed by atoms with van der Waals surface area (Å²) in [4.78, 5) is 3.32. The monoisotopic (exact) mass is 165 g/mol. The fourth-order valence-corrected chi connectivity index (χ4v) is 0.506. The molecule has 1 radical (unpaired) electrons. The average Bonchev–Trinajstić information content (AvgIpc) is 2.12. The van der Waals surface area contributed by atoms with E-state index in [1.807, 2.05) is 6.20 Å². The van der Waals surface area contributed by atoms with Crippen LogP contribution in [0.25, 0.3) is 0 Å². The lowest BCUT2D eigenvalue weighted by molar-refractivity contribution is -0.277. The Balaban J connectivity index is 2.72. The van der Waals surface area contributed by atoms with Gasteiger partial charge >= 0.3 is 6.36 Å². The quantitative estimate of drug-likeness (QED) is 0.623. The van der Waals surface area contributed by atoms with Gasteiger partial charge in [0.15, 0.2) is 6.20 Å². The topological polar surface area (TPSA) is 27.1 Å². The van der Waals surface area contributed by atoms with Gasteiger partial charge in [-0.1, -0.05) is 0 Å². The van der Waals surface area contributed by atoms with Crippen molar-refractivity contribution in [3.05, 3.63) is 12.5 Å². The Bertz CT molecular complexity index is 242. The molecule has 3 nitrogen and oxygen atoms in total. The third-order valence-electron chi connectivity index (χ3n) is 0.924. The number of hydrogen-bond donors (Lipinski definition) is 0. The maximum absolute atomic E-state index is 11.5. The second kappa shape index (κ2) is 2.44. The Morgan fingerprint density at radius 3 is 2.64 bits per heavy atom. The summed E-state index contributed by atoms with van der Waals surface area (Å²) in [6, 6.07) is 0. The molecule has 6 heteroatoms. The lowest BCUT2D eigenvalue weighted by Gasteiger charge is -2.07. The van der Waals surface area contributed by atoms with Crippen LogP contribution in [0.2, 0.25) is 0 Å². The first-order valence-corrected chi connectivity index (χ1v) is 2.64. The summed E-state index contributed by atoms with van der Waals surface area (Å²) in [5, 5.41) is 0. The van der Waals surface area contributed by atoms with Crippen LogP contribution in [0, 0.1) is 6.20 Å². The summed E-state index contributed by atoms with van der Waals surface area (Å²) < 4.78 is 39.1. The molecule has 0 aliphatic heterocycles. The highest BCUT2D eigenvalue weighted by Gasteiger charge is 2.32. The van der Waals surface area contributed by atoms with Gasteiger partial charge in [-0.25, -0.2) is 4.98 Å². The summed E-state index contributed by atoms with van der Waals surface area (Å²) in [6.07, 6.45) is -1.48. The van der Waals surface area contributed by atoms with Crippen molar-refractivity contribution < 1.29 is 17.9 Å².